The van der Waals surface area contributed by atoms with E-state index < -0.39 is 5.92 Å². The third-order valence-corrected chi connectivity index (χ3v) is 0. The van der Waals surface area contributed by atoms with Gasteiger partial charge in [0.05, 0.1) is 0 Å². The molecule has 0 unspecified atom stereocenters. The quantitative estimate of drug-likeness (QED) is 0.455. The molecule has 0 aliphatic heterocycles. The Morgan fingerprint density at radius 3 is 1.17 bits per heavy atom. The van der Waals surface area contributed by atoms with E-state index in [1.54, 1.807) is 0 Å². The van der Waals surface area contributed by atoms with Crippen LogP contribution in [0.2, 0.25) is 0 Å². The first kappa shape index (κ1) is 9.47. The number of rotatable bonds is 0. The van der Waals surface area contributed by atoms with Gasteiger partial charge in [-0.2, -0.15) is 0 Å². The highest BCUT2D eigenvalue weighted by atomic mass is 35.5. The summed E-state index contributed by atoms with van der Waals surface area (Å²) >= 11 is 0. The highest BCUT2D eigenvalue weighted by Crippen LogP contribution is 2.06. The molecule has 3 heteroatoms. The van der Waals surface area contributed by atoms with Crippen molar-refractivity contribution in [2.24, 2.45) is 0 Å². The molecule has 40 valence electrons. The van der Waals surface area contributed by atoms with Crippen molar-refractivity contribution in [3.05, 3.63) is 0 Å². The molecule has 0 aliphatic rings. The van der Waals surface area contributed by atoms with Crippen LogP contribution in [-0.4, -0.2) is 5.92 Å². The van der Waals surface area contributed by atoms with Gasteiger partial charge in [-0.15, -0.1) is 12.4 Å². The van der Waals surface area contributed by atoms with Crippen molar-refractivity contribution in [2.45, 2.75) is 19.8 Å². The van der Waals surface area contributed by atoms with E-state index in [0.717, 1.165) is 13.8 Å². The zero-order valence-electron chi connectivity index (χ0n) is 3.66. The SMILES string of the molecule is CC(C)(F)F.Cl. The van der Waals surface area contributed by atoms with Gasteiger partial charge in [0.15, 0.2) is 0 Å². The molecule has 0 spiro atoms. The van der Waals surface area contributed by atoms with Crippen LogP contribution in [0.3, 0.4) is 0 Å². The van der Waals surface area contributed by atoms with Crippen LogP contribution in [0.25, 0.3) is 0 Å². The molecule has 0 saturated carbocycles. The summed E-state index contributed by atoms with van der Waals surface area (Å²) in [6, 6.07) is 0. The molecule has 0 amide bonds. The molecular weight excluding hydrogens is 109 g/mol. The number of hydrogen-bond donors (Lipinski definition) is 0. The Morgan fingerprint density at radius 1 is 1.17 bits per heavy atom. The maximum atomic E-state index is 11.0. The maximum absolute atomic E-state index is 11.0. The molecule has 0 aromatic heterocycles. The lowest BCUT2D eigenvalue weighted by Crippen LogP contribution is -1.98. The van der Waals surface area contributed by atoms with Crippen LogP contribution < -0.4 is 0 Å². The van der Waals surface area contributed by atoms with Crippen molar-refractivity contribution in [3.8, 4) is 0 Å². The van der Waals surface area contributed by atoms with Crippen molar-refractivity contribution < 1.29 is 8.78 Å². The Kier molecular flexibility index (Phi) is 3.70. The van der Waals surface area contributed by atoms with Gasteiger partial charge in [0.2, 0.25) is 5.92 Å². The fourth-order valence-electron chi connectivity index (χ4n) is 0. The molecule has 0 aliphatic carbocycles. The monoisotopic (exact) mass is 116 g/mol. The summed E-state index contributed by atoms with van der Waals surface area (Å²) in [6.07, 6.45) is 0. The fraction of sp³-hybridized carbons (Fsp3) is 1.00. The van der Waals surface area contributed by atoms with Gasteiger partial charge in [-0.1, -0.05) is 0 Å². The highest BCUT2D eigenvalue weighted by molar-refractivity contribution is 5.85. The summed E-state index contributed by atoms with van der Waals surface area (Å²) in [4.78, 5) is 0. The molecule has 0 aromatic carbocycles. The molecule has 0 saturated heterocycles. The standard InChI is InChI=1S/C3H6F2.ClH/c1-3(2,4)5;/h1-2H3;1H. The van der Waals surface area contributed by atoms with Crippen molar-refractivity contribution in [1.29, 1.82) is 0 Å². The van der Waals surface area contributed by atoms with Crippen molar-refractivity contribution >= 4 is 12.4 Å². The van der Waals surface area contributed by atoms with Gasteiger partial charge in [0, 0.05) is 0 Å². The minimum absolute atomic E-state index is 0. The van der Waals surface area contributed by atoms with E-state index in [2.05, 4.69) is 0 Å². The molecule has 0 N–H and O–H groups in total. The molecule has 0 fully saturated rings. The summed E-state index contributed by atoms with van der Waals surface area (Å²) in [5.41, 5.74) is 0. The van der Waals surface area contributed by atoms with Crippen molar-refractivity contribution in [1.82, 2.24) is 0 Å². The first-order chi connectivity index (χ1) is 2.00. The lowest BCUT2D eigenvalue weighted by molar-refractivity contribution is 0.0437. The van der Waals surface area contributed by atoms with Gasteiger partial charge < -0.3 is 0 Å². The first-order valence-electron chi connectivity index (χ1n) is 1.38. The Hall–Kier alpha value is 0.150. The van der Waals surface area contributed by atoms with Gasteiger partial charge in [-0.05, 0) is 13.8 Å². The number of hydrogen-bond acceptors (Lipinski definition) is 0. The lowest BCUT2D eigenvalue weighted by Gasteiger charge is -1.94. The summed E-state index contributed by atoms with van der Waals surface area (Å²) in [5, 5.41) is 0. The van der Waals surface area contributed by atoms with Gasteiger partial charge in [0.25, 0.3) is 0 Å². The maximum Gasteiger partial charge on any atom is 0.242 e. The summed E-state index contributed by atoms with van der Waals surface area (Å²) in [7, 11) is 0. The van der Waals surface area contributed by atoms with E-state index in [0.29, 0.717) is 0 Å². The second kappa shape index (κ2) is 2.35. The zero-order chi connectivity index (χ0) is 4.50. The minimum atomic E-state index is -2.50. The summed E-state index contributed by atoms with van der Waals surface area (Å²) < 4.78 is 22.0. The lowest BCUT2D eigenvalue weighted by atomic mass is 10.5. The minimum Gasteiger partial charge on any atom is -0.208 e. The van der Waals surface area contributed by atoms with E-state index in [-0.39, 0.29) is 12.4 Å². The van der Waals surface area contributed by atoms with Gasteiger partial charge in [0.1, 0.15) is 0 Å². The van der Waals surface area contributed by atoms with E-state index in [1.165, 1.54) is 0 Å². The van der Waals surface area contributed by atoms with Gasteiger partial charge in [-0.3, -0.25) is 0 Å². The predicted molar refractivity (Wildman–Crippen MR) is 23.5 cm³/mol. The van der Waals surface area contributed by atoms with Crippen LogP contribution in [0.4, 0.5) is 8.78 Å². The highest BCUT2D eigenvalue weighted by Gasteiger charge is 2.08. The first-order valence-corrected chi connectivity index (χ1v) is 1.38. The van der Waals surface area contributed by atoms with Crippen LogP contribution >= 0.6 is 12.4 Å². The zero-order valence-corrected chi connectivity index (χ0v) is 4.48. The Labute approximate surface area is 42.0 Å². The van der Waals surface area contributed by atoms with Crippen LogP contribution in [0.15, 0.2) is 0 Å². The predicted octanol–water partition coefficient (Wildman–Crippen LogP) is 2.08. The molecule has 0 atom stereocenters. The van der Waals surface area contributed by atoms with E-state index in [1.807, 2.05) is 0 Å². The largest absolute Gasteiger partial charge is 0.242 e. The van der Waals surface area contributed by atoms with Crippen molar-refractivity contribution in [2.75, 3.05) is 0 Å². The van der Waals surface area contributed by atoms with Gasteiger partial charge >= 0.3 is 0 Å². The Morgan fingerprint density at radius 2 is 1.17 bits per heavy atom. The molecule has 0 bridgehead atoms. The van der Waals surface area contributed by atoms with E-state index in [9.17, 15) is 8.78 Å². The molecular formula is C3H7ClF2. The fourth-order valence-corrected chi connectivity index (χ4v) is 0. The van der Waals surface area contributed by atoms with Crippen molar-refractivity contribution in [3.63, 3.8) is 0 Å². The molecule has 0 rings (SSSR count). The Balaban J connectivity index is 0. The molecule has 6 heavy (non-hydrogen) atoms. The Bertz CT molecular complexity index is 24.3. The smallest absolute Gasteiger partial charge is 0.208 e. The summed E-state index contributed by atoms with van der Waals surface area (Å²) in [5.74, 6) is -2.50. The number of halogens is 3. The second-order valence-corrected chi connectivity index (χ2v) is 1.33. The molecule has 0 nitrogen and oxygen atoms in total. The third kappa shape index (κ3) is 1830. The molecule has 0 aromatic rings. The average molecular weight is 117 g/mol. The number of alkyl halides is 2. The normalized spacial score (nSPS) is 10.0. The topological polar surface area (TPSA) is 0 Å². The van der Waals surface area contributed by atoms with Crippen LogP contribution in [0.1, 0.15) is 13.8 Å². The van der Waals surface area contributed by atoms with Crippen LogP contribution in [0.5, 0.6) is 0 Å². The average Bonchev–Trinajstić information content (AvgIpc) is 0.722. The van der Waals surface area contributed by atoms with E-state index in [4.69, 9.17) is 0 Å². The van der Waals surface area contributed by atoms with Gasteiger partial charge in [-0.25, -0.2) is 8.78 Å². The van der Waals surface area contributed by atoms with Crippen LogP contribution in [-0.2, 0) is 0 Å². The third-order valence-electron chi connectivity index (χ3n) is 0. The molecule has 0 heterocycles. The second-order valence-electron chi connectivity index (χ2n) is 1.33. The van der Waals surface area contributed by atoms with Crippen LogP contribution in [0, 0.1) is 0 Å². The molecule has 0 radical (unpaired) electrons. The van der Waals surface area contributed by atoms with E-state index >= 15 is 0 Å². The summed E-state index contributed by atoms with van der Waals surface area (Å²) in [6.45, 7) is 1.71.